The zero-order chi connectivity index (χ0) is 15.0. The number of thioether (sulfide) groups is 1. The molecule has 1 rings (SSSR count). The van der Waals surface area contributed by atoms with Gasteiger partial charge in [0.25, 0.3) is 0 Å². The summed E-state index contributed by atoms with van der Waals surface area (Å²) in [4.78, 5) is 1.44. The van der Waals surface area contributed by atoms with Gasteiger partial charge >= 0.3 is 0 Å². The average molecular weight is 337 g/mol. The maximum atomic E-state index is 12.3. The van der Waals surface area contributed by atoms with E-state index in [9.17, 15) is 8.42 Å². The van der Waals surface area contributed by atoms with Gasteiger partial charge in [0.1, 0.15) is 0 Å². The standard InChI is InChI=1S/C13H24N2O2S3/c1-4-6-14-8-12-7-13(10-19-12)20(16,17)15-11(5-2)9-18-3/h7,10-11,14-15H,4-6,8-9H2,1-3H3. The summed E-state index contributed by atoms with van der Waals surface area (Å²) in [5.74, 6) is 0.796. The topological polar surface area (TPSA) is 58.2 Å². The number of sulfonamides is 1. The Labute approximate surface area is 130 Å². The molecular weight excluding hydrogens is 312 g/mol. The fraction of sp³-hybridized carbons (Fsp3) is 0.692. The van der Waals surface area contributed by atoms with Crippen LogP contribution in [0.5, 0.6) is 0 Å². The summed E-state index contributed by atoms with van der Waals surface area (Å²) in [5.41, 5.74) is 0. The lowest BCUT2D eigenvalue weighted by molar-refractivity contribution is 0.558. The number of rotatable bonds is 10. The van der Waals surface area contributed by atoms with Crippen LogP contribution < -0.4 is 10.0 Å². The number of nitrogens with one attached hydrogen (secondary N) is 2. The SMILES string of the molecule is CCCNCc1cc(S(=O)(=O)NC(CC)CSC)cs1. The first-order valence-electron chi connectivity index (χ1n) is 6.82. The van der Waals surface area contributed by atoms with E-state index >= 15 is 0 Å². The molecule has 7 heteroatoms. The molecule has 20 heavy (non-hydrogen) atoms. The van der Waals surface area contributed by atoms with Gasteiger partial charge < -0.3 is 5.32 Å². The Morgan fingerprint density at radius 1 is 1.40 bits per heavy atom. The van der Waals surface area contributed by atoms with Crippen LogP contribution in [0, 0.1) is 0 Å². The predicted molar refractivity (Wildman–Crippen MR) is 89.1 cm³/mol. The Hall–Kier alpha value is -0.0800. The van der Waals surface area contributed by atoms with Crippen LogP contribution in [-0.4, -0.2) is 33.0 Å². The molecule has 1 heterocycles. The quantitative estimate of drug-likeness (QED) is 0.645. The highest BCUT2D eigenvalue weighted by atomic mass is 32.2. The summed E-state index contributed by atoms with van der Waals surface area (Å²) in [7, 11) is -3.38. The first kappa shape index (κ1) is 18.0. The Balaban J connectivity index is 2.67. The molecule has 0 spiro atoms. The van der Waals surface area contributed by atoms with Gasteiger partial charge in [-0.2, -0.15) is 11.8 Å². The van der Waals surface area contributed by atoms with E-state index in [1.54, 1.807) is 23.2 Å². The molecule has 0 saturated heterocycles. The molecule has 0 aliphatic carbocycles. The molecule has 0 aliphatic rings. The van der Waals surface area contributed by atoms with Crippen molar-refractivity contribution >= 4 is 33.1 Å². The van der Waals surface area contributed by atoms with Crippen LogP contribution in [0.2, 0.25) is 0 Å². The fourth-order valence-electron chi connectivity index (χ4n) is 1.71. The molecule has 1 atom stereocenters. The van der Waals surface area contributed by atoms with Crippen molar-refractivity contribution in [3.05, 3.63) is 16.3 Å². The normalized spacial score (nSPS) is 13.6. The van der Waals surface area contributed by atoms with Gasteiger partial charge in [-0.1, -0.05) is 13.8 Å². The zero-order valence-corrected chi connectivity index (χ0v) is 14.8. The third-order valence-corrected chi connectivity index (χ3v) is 6.17. The number of hydrogen-bond donors (Lipinski definition) is 2. The molecule has 1 unspecified atom stereocenters. The molecule has 0 saturated carbocycles. The van der Waals surface area contributed by atoms with Crippen LogP contribution in [0.4, 0.5) is 0 Å². The Morgan fingerprint density at radius 3 is 2.75 bits per heavy atom. The molecule has 116 valence electrons. The highest BCUT2D eigenvalue weighted by Gasteiger charge is 2.20. The van der Waals surface area contributed by atoms with Crippen LogP contribution in [0.3, 0.4) is 0 Å². The molecule has 4 nitrogen and oxygen atoms in total. The highest BCUT2D eigenvalue weighted by molar-refractivity contribution is 7.98. The summed E-state index contributed by atoms with van der Waals surface area (Å²) in [6.45, 7) is 5.79. The first-order valence-corrected chi connectivity index (χ1v) is 10.6. The minimum Gasteiger partial charge on any atom is -0.312 e. The molecule has 0 amide bonds. The van der Waals surface area contributed by atoms with Gasteiger partial charge in [0.2, 0.25) is 10.0 Å². The lowest BCUT2D eigenvalue weighted by atomic mass is 10.3. The van der Waals surface area contributed by atoms with Crippen molar-refractivity contribution in [2.75, 3.05) is 18.6 Å². The molecular formula is C13H24N2O2S3. The van der Waals surface area contributed by atoms with Crippen molar-refractivity contribution < 1.29 is 8.42 Å². The number of thiophene rings is 1. The van der Waals surface area contributed by atoms with Crippen LogP contribution in [-0.2, 0) is 16.6 Å². The van der Waals surface area contributed by atoms with Crippen LogP contribution >= 0.6 is 23.1 Å². The summed E-state index contributed by atoms with van der Waals surface area (Å²) in [6, 6.07) is 1.76. The van der Waals surface area contributed by atoms with Crippen LogP contribution in [0.1, 0.15) is 31.6 Å². The molecule has 0 bridgehead atoms. The fourth-order valence-corrected chi connectivity index (χ4v) is 5.10. The van der Waals surface area contributed by atoms with Gasteiger partial charge in [-0.15, -0.1) is 11.3 Å². The summed E-state index contributed by atoms with van der Waals surface area (Å²) >= 11 is 3.14. The second-order valence-corrected chi connectivity index (χ2v) is 8.23. The molecule has 0 radical (unpaired) electrons. The lowest BCUT2D eigenvalue weighted by Crippen LogP contribution is -2.35. The minimum absolute atomic E-state index is 0.00318. The monoisotopic (exact) mass is 336 g/mol. The van der Waals surface area contributed by atoms with E-state index in [2.05, 4.69) is 17.0 Å². The predicted octanol–water partition coefficient (Wildman–Crippen LogP) is 2.67. The van der Waals surface area contributed by atoms with E-state index in [1.807, 2.05) is 13.2 Å². The molecule has 1 aromatic rings. The molecule has 0 aromatic carbocycles. The minimum atomic E-state index is -3.38. The molecule has 0 fully saturated rings. The third-order valence-electron chi connectivity index (χ3n) is 2.85. The van der Waals surface area contributed by atoms with Crippen molar-refractivity contribution in [3.8, 4) is 0 Å². The van der Waals surface area contributed by atoms with Crippen LogP contribution in [0.25, 0.3) is 0 Å². The molecule has 2 N–H and O–H groups in total. The van der Waals surface area contributed by atoms with Crippen molar-refractivity contribution in [2.45, 2.75) is 44.2 Å². The largest absolute Gasteiger partial charge is 0.312 e. The van der Waals surface area contributed by atoms with E-state index in [0.717, 1.165) is 36.6 Å². The van der Waals surface area contributed by atoms with Crippen molar-refractivity contribution in [1.82, 2.24) is 10.0 Å². The van der Waals surface area contributed by atoms with Gasteiger partial charge in [0.15, 0.2) is 0 Å². The lowest BCUT2D eigenvalue weighted by Gasteiger charge is -2.15. The maximum Gasteiger partial charge on any atom is 0.241 e. The summed E-state index contributed by atoms with van der Waals surface area (Å²) in [5, 5.41) is 5.00. The van der Waals surface area contributed by atoms with Gasteiger partial charge in [0, 0.05) is 28.6 Å². The van der Waals surface area contributed by atoms with Crippen LogP contribution in [0.15, 0.2) is 16.3 Å². The Bertz CT molecular complexity index is 486. The molecule has 1 aromatic heterocycles. The van der Waals surface area contributed by atoms with E-state index in [1.165, 1.54) is 11.3 Å². The van der Waals surface area contributed by atoms with E-state index < -0.39 is 10.0 Å². The summed E-state index contributed by atoms with van der Waals surface area (Å²) < 4.78 is 27.3. The van der Waals surface area contributed by atoms with Gasteiger partial charge in [-0.25, -0.2) is 13.1 Å². The van der Waals surface area contributed by atoms with Gasteiger partial charge in [-0.3, -0.25) is 0 Å². The van der Waals surface area contributed by atoms with Crippen molar-refractivity contribution in [3.63, 3.8) is 0 Å². The van der Waals surface area contributed by atoms with Crippen molar-refractivity contribution in [2.24, 2.45) is 0 Å². The first-order chi connectivity index (χ1) is 9.53. The van der Waals surface area contributed by atoms with Gasteiger partial charge in [-0.05, 0) is 31.7 Å². The second-order valence-electron chi connectivity index (χ2n) is 4.61. The average Bonchev–Trinajstić information content (AvgIpc) is 2.88. The maximum absolute atomic E-state index is 12.3. The second kappa shape index (κ2) is 9.04. The van der Waals surface area contributed by atoms with Crippen molar-refractivity contribution in [1.29, 1.82) is 0 Å². The third kappa shape index (κ3) is 5.73. The highest BCUT2D eigenvalue weighted by Crippen LogP contribution is 2.20. The summed E-state index contributed by atoms with van der Waals surface area (Å²) in [6.07, 6.45) is 3.86. The Morgan fingerprint density at radius 2 is 2.15 bits per heavy atom. The smallest absolute Gasteiger partial charge is 0.241 e. The molecule has 0 aliphatic heterocycles. The van der Waals surface area contributed by atoms with E-state index in [0.29, 0.717) is 4.90 Å². The van der Waals surface area contributed by atoms with E-state index in [4.69, 9.17) is 0 Å². The van der Waals surface area contributed by atoms with Gasteiger partial charge in [0.05, 0.1) is 4.90 Å². The Kier molecular flexibility index (Phi) is 8.13. The number of hydrogen-bond acceptors (Lipinski definition) is 5. The zero-order valence-electron chi connectivity index (χ0n) is 12.3. The van der Waals surface area contributed by atoms with E-state index in [-0.39, 0.29) is 6.04 Å².